The van der Waals surface area contributed by atoms with E-state index in [9.17, 15) is 10.2 Å². The summed E-state index contributed by atoms with van der Waals surface area (Å²) in [6, 6.07) is 8.53. The lowest BCUT2D eigenvalue weighted by Gasteiger charge is -2.28. The van der Waals surface area contributed by atoms with Crippen LogP contribution in [-0.2, 0) is 21.7 Å². The van der Waals surface area contributed by atoms with Crippen LogP contribution in [0.2, 0.25) is 0 Å². The Morgan fingerprint density at radius 3 is 1.15 bits per heavy atom. The molecule has 0 aromatic heterocycles. The molecule has 2 atom stereocenters. The molecule has 0 aliphatic heterocycles. The van der Waals surface area contributed by atoms with E-state index in [0.717, 1.165) is 47.9 Å². The zero-order valence-corrected chi connectivity index (χ0v) is 27.2. The minimum Gasteiger partial charge on any atom is -0.507 e. The first kappa shape index (κ1) is 31.9. The third-order valence-corrected chi connectivity index (χ3v) is 8.13. The predicted octanol–water partition coefficient (Wildman–Crippen LogP) is 9.14. The Morgan fingerprint density at radius 2 is 0.875 bits per heavy atom. The highest BCUT2D eigenvalue weighted by Gasteiger charge is 2.28. The molecule has 0 spiro atoms. The maximum Gasteiger partial charge on any atom is 0.128 e. The van der Waals surface area contributed by atoms with Crippen molar-refractivity contribution < 1.29 is 10.2 Å². The molecule has 4 heteroatoms. The average Bonchev–Trinajstić information content (AvgIpc) is 2.80. The van der Waals surface area contributed by atoms with Crippen molar-refractivity contribution in [3.63, 3.8) is 0 Å². The first-order valence-corrected chi connectivity index (χ1v) is 15.0. The number of rotatable bonds is 4. The summed E-state index contributed by atoms with van der Waals surface area (Å²) in [7, 11) is 0. The standard InChI is InChI=1S/C36H54N2O2/c1-33(2,3)25-17-23(31(39)27(19-25)35(7,8)9)21-37-29-15-13-14-16-30(29)38-22-24-18-26(34(4,5)6)20-28(32(24)40)36(10,11)12/h17-22,29-30,39-40H,13-16H2,1-12H3/t29-,30-/m1/s1. The molecule has 1 aliphatic rings. The van der Waals surface area contributed by atoms with Crippen molar-refractivity contribution in [3.05, 3.63) is 57.6 Å². The minimum absolute atomic E-state index is 0.0378. The predicted molar refractivity (Wildman–Crippen MR) is 172 cm³/mol. The lowest BCUT2D eigenvalue weighted by atomic mass is 9.79. The molecule has 1 saturated carbocycles. The van der Waals surface area contributed by atoms with Crippen LogP contribution in [0, 0.1) is 0 Å². The Labute approximate surface area is 244 Å². The van der Waals surface area contributed by atoms with Crippen molar-refractivity contribution in [2.24, 2.45) is 9.98 Å². The van der Waals surface area contributed by atoms with Crippen molar-refractivity contribution in [2.75, 3.05) is 0 Å². The van der Waals surface area contributed by atoms with Gasteiger partial charge in [-0.25, -0.2) is 0 Å². The van der Waals surface area contributed by atoms with Crippen LogP contribution in [0.5, 0.6) is 11.5 Å². The first-order valence-electron chi connectivity index (χ1n) is 15.0. The zero-order valence-electron chi connectivity index (χ0n) is 27.2. The zero-order chi connectivity index (χ0) is 30.3. The van der Waals surface area contributed by atoms with E-state index in [-0.39, 0.29) is 33.7 Å². The molecular weight excluding hydrogens is 492 g/mol. The monoisotopic (exact) mass is 546 g/mol. The topological polar surface area (TPSA) is 65.2 Å². The number of hydrogen-bond acceptors (Lipinski definition) is 4. The quantitative estimate of drug-likeness (QED) is 0.376. The van der Waals surface area contributed by atoms with Crippen molar-refractivity contribution in [1.82, 2.24) is 0 Å². The summed E-state index contributed by atoms with van der Waals surface area (Å²) in [4.78, 5) is 10.1. The summed E-state index contributed by atoms with van der Waals surface area (Å²) in [5.74, 6) is 0.637. The van der Waals surface area contributed by atoms with Crippen LogP contribution in [0.4, 0.5) is 0 Å². The molecule has 0 radical (unpaired) electrons. The molecule has 3 rings (SSSR count). The van der Waals surface area contributed by atoms with Crippen LogP contribution in [-0.4, -0.2) is 34.7 Å². The van der Waals surface area contributed by atoms with Gasteiger partial charge in [-0.3, -0.25) is 9.98 Å². The highest BCUT2D eigenvalue weighted by Crippen LogP contribution is 2.39. The van der Waals surface area contributed by atoms with Gasteiger partial charge in [-0.05, 0) is 57.8 Å². The molecule has 0 bridgehead atoms. The van der Waals surface area contributed by atoms with E-state index in [4.69, 9.17) is 9.98 Å². The first-order chi connectivity index (χ1) is 18.2. The normalized spacial score (nSPS) is 19.6. The van der Waals surface area contributed by atoms with Gasteiger partial charge >= 0.3 is 0 Å². The number of phenolic OH excluding ortho intramolecular Hbond substituents is 2. The second-order valence-corrected chi connectivity index (χ2v) is 15.9. The average molecular weight is 547 g/mol. The highest BCUT2D eigenvalue weighted by molar-refractivity contribution is 5.86. The van der Waals surface area contributed by atoms with Gasteiger partial charge < -0.3 is 10.2 Å². The molecule has 0 unspecified atom stereocenters. The van der Waals surface area contributed by atoms with Gasteiger partial charge in [0.2, 0.25) is 0 Å². The maximum atomic E-state index is 11.2. The number of benzene rings is 2. The molecule has 1 aliphatic carbocycles. The molecule has 0 saturated heterocycles. The molecule has 220 valence electrons. The molecule has 2 N–H and O–H groups in total. The molecule has 2 aromatic rings. The molecule has 0 amide bonds. The Balaban J connectivity index is 2.00. The summed E-state index contributed by atoms with van der Waals surface area (Å²) in [6.07, 6.45) is 7.90. The Hall–Kier alpha value is -2.62. The molecule has 40 heavy (non-hydrogen) atoms. The third-order valence-electron chi connectivity index (χ3n) is 8.13. The number of hydrogen-bond donors (Lipinski definition) is 2. The summed E-state index contributed by atoms with van der Waals surface area (Å²) in [5, 5.41) is 22.5. The fraction of sp³-hybridized carbons (Fsp3) is 0.611. The van der Waals surface area contributed by atoms with Gasteiger partial charge in [0.25, 0.3) is 0 Å². The van der Waals surface area contributed by atoms with E-state index in [1.807, 2.05) is 12.4 Å². The summed E-state index contributed by atoms with van der Waals surface area (Å²) >= 11 is 0. The van der Waals surface area contributed by atoms with E-state index in [1.165, 1.54) is 11.1 Å². The van der Waals surface area contributed by atoms with Gasteiger partial charge in [-0.1, -0.05) is 108 Å². The third kappa shape index (κ3) is 7.56. The molecular formula is C36H54N2O2. The van der Waals surface area contributed by atoms with Crippen LogP contribution >= 0.6 is 0 Å². The van der Waals surface area contributed by atoms with Gasteiger partial charge in [0, 0.05) is 34.7 Å². The van der Waals surface area contributed by atoms with E-state index >= 15 is 0 Å². The Bertz CT molecular complexity index is 1160. The van der Waals surface area contributed by atoms with Gasteiger partial charge in [0.15, 0.2) is 0 Å². The lowest BCUT2D eigenvalue weighted by molar-refractivity contribution is 0.389. The summed E-state index contributed by atoms with van der Waals surface area (Å²) < 4.78 is 0. The Kier molecular flexibility index (Phi) is 9.04. The SMILES string of the molecule is CC(C)(C)c1cc(C=N[C@@H]2CCCC[C@H]2N=Cc2cc(C(C)(C)C)cc(C(C)(C)C)c2O)c(O)c(C(C)(C)C)c1. The van der Waals surface area contributed by atoms with Gasteiger partial charge in [-0.15, -0.1) is 0 Å². The van der Waals surface area contributed by atoms with Crippen molar-refractivity contribution >= 4 is 12.4 Å². The molecule has 1 fully saturated rings. The fourth-order valence-electron chi connectivity index (χ4n) is 5.31. The molecule has 0 heterocycles. The van der Waals surface area contributed by atoms with Crippen LogP contribution < -0.4 is 0 Å². The number of phenols is 2. The smallest absolute Gasteiger partial charge is 0.128 e. The van der Waals surface area contributed by atoms with Gasteiger partial charge in [0.1, 0.15) is 11.5 Å². The number of aliphatic imine (C=N–C) groups is 2. The largest absolute Gasteiger partial charge is 0.507 e. The van der Waals surface area contributed by atoms with Crippen molar-refractivity contribution in [1.29, 1.82) is 0 Å². The summed E-state index contributed by atoms with van der Waals surface area (Å²) in [6.45, 7) is 26.0. The lowest BCUT2D eigenvalue weighted by Crippen LogP contribution is -2.27. The number of aromatic hydroxyl groups is 2. The Morgan fingerprint density at radius 1 is 0.550 bits per heavy atom. The van der Waals surface area contributed by atoms with Crippen LogP contribution in [0.15, 0.2) is 34.3 Å². The van der Waals surface area contributed by atoms with E-state index in [1.54, 1.807) is 0 Å². The van der Waals surface area contributed by atoms with Crippen LogP contribution in [0.1, 0.15) is 142 Å². The minimum atomic E-state index is -0.179. The second kappa shape index (κ2) is 11.3. The van der Waals surface area contributed by atoms with E-state index < -0.39 is 0 Å². The van der Waals surface area contributed by atoms with Crippen LogP contribution in [0.25, 0.3) is 0 Å². The van der Waals surface area contributed by atoms with E-state index in [2.05, 4.69) is 107 Å². The fourth-order valence-corrected chi connectivity index (χ4v) is 5.31. The van der Waals surface area contributed by atoms with E-state index in [0.29, 0.717) is 11.5 Å². The van der Waals surface area contributed by atoms with Crippen molar-refractivity contribution in [2.45, 2.75) is 143 Å². The summed E-state index contributed by atoms with van der Waals surface area (Å²) in [5.41, 5.74) is 5.39. The molecule has 2 aromatic carbocycles. The molecule has 4 nitrogen and oxygen atoms in total. The second-order valence-electron chi connectivity index (χ2n) is 15.9. The maximum absolute atomic E-state index is 11.2. The van der Waals surface area contributed by atoms with Gasteiger partial charge in [0.05, 0.1) is 12.1 Å². The van der Waals surface area contributed by atoms with Crippen molar-refractivity contribution in [3.8, 4) is 11.5 Å². The van der Waals surface area contributed by atoms with Gasteiger partial charge in [-0.2, -0.15) is 0 Å². The highest BCUT2D eigenvalue weighted by atomic mass is 16.3. The number of nitrogens with zero attached hydrogens (tertiary/aromatic N) is 2. The van der Waals surface area contributed by atoms with Crippen LogP contribution in [0.3, 0.4) is 0 Å².